The minimum atomic E-state index is 0.701. The minimum Gasteiger partial charge on any atom is -0.494 e. The Hall–Kier alpha value is -2.56. The van der Waals surface area contributed by atoms with Crippen molar-refractivity contribution in [2.75, 3.05) is 20.2 Å². The van der Waals surface area contributed by atoms with Gasteiger partial charge in [0.05, 0.1) is 6.61 Å². The first-order valence-corrected chi connectivity index (χ1v) is 8.38. The van der Waals surface area contributed by atoms with E-state index in [0.717, 1.165) is 49.0 Å². The maximum atomic E-state index is 5.66. The average molecular weight is 326 g/mol. The standard InChI is InChI=1S/C19H26N4O/c1-3-13-24-18-9-6-7-16(14-18)15-23-19(20-2)22-12-10-17-8-4-5-11-21-17/h4-9,11,14H,3,10,12-13,15H2,1-2H3,(H2,20,22,23). The number of hydrogen-bond acceptors (Lipinski definition) is 3. The fourth-order valence-electron chi connectivity index (χ4n) is 2.23. The number of ether oxygens (including phenoxy) is 1. The third kappa shape index (κ3) is 6.28. The van der Waals surface area contributed by atoms with Crippen molar-refractivity contribution < 1.29 is 4.74 Å². The number of hydrogen-bond donors (Lipinski definition) is 2. The van der Waals surface area contributed by atoms with Crippen LogP contribution in [0.1, 0.15) is 24.6 Å². The zero-order valence-electron chi connectivity index (χ0n) is 14.5. The molecule has 128 valence electrons. The number of aliphatic imine (C=N–C) groups is 1. The number of pyridine rings is 1. The normalized spacial score (nSPS) is 11.2. The van der Waals surface area contributed by atoms with Crippen LogP contribution in [-0.2, 0) is 13.0 Å². The Morgan fingerprint density at radius 1 is 1.17 bits per heavy atom. The highest BCUT2D eigenvalue weighted by molar-refractivity contribution is 5.79. The molecule has 1 heterocycles. The maximum Gasteiger partial charge on any atom is 0.191 e. The summed E-state index contributed by atoms with van der Waals surface area (Å²) in [6, 6.07) is 14.1. The van der Waals surface area contributed by atoms with E-state index in [2.05, 4.69) is 39.7 Å². The van der Waals surface area contributed by atoms with Crippen LogP contribution in [0.25, 0.3) is 0 Å². The van der Waals surface area contributed by atoms with E-state index in [1.165, 1.54) is 0 Å². The zero-order valence-corrected chi connectivity index (χ0v) is 14.5. The molecule has 0 aliphatic rings. The molecule has 2 rings (SSSR count). The molecule has 0 spiro atoms. The fourth-order valence-corrected chi connectivity index (χ4v) is 2.23. The second-order valence-electron chi connectivity index (χ2n) is 5.42. The third-order valence-corrected chi connectivity index (χ3v) is 3.45. The molecule has 5 nitrogen and oxygen atoms in total. The lowest BCUT2D eigenvalue weighted by atomic mass is 10.2. The van der Waals surface area contributed by atoms with E-state index in [0.29, 0.717) is 6.54 Å². The number of nitrogens with zero attached hydrogens (tertiary/aromatic N) is 2. The van der Waals surface area contributed by atoms with Gasteiger partial charge in [0.15, 0.2) is 5.96 Å². The quantitative estimate of drug-likeness (QED) is 0.578. The van der Waals surface area contributed by atoms with Gasteiger partial charge in [-0.2, -0.15) is 0 Å². The number of guanidine groups is 1. The second kappa shape index (κ2) is 10.3. The van der Waals surface area contributed by atoms with Crippen molar-refractivity contribution in [1.82, 2.24) is 15.6 Å². The van der Waals surface area contributed by atoms with Crippen molar-refractivity contribution in [3.05, 3.63) is 59.9 Å². The van der Waals surface area contributed by atoms with Crippen LogP contribution in [0.3, 0.4) is 0 Å². The van der Waals surface area contributed by atoms with E-state index in [1.807, 2.05) is 36.5 Å². The molecule has 0 saturated carbocycles. The lowest BCUT2D eigenvalue weighted by molar-refractivity contribution is 0.317. The second-order valence-corrected chi connectivity index (χ2v) is 5.42. The first-order valence-electron chi connectivity index (χ1n) is 8.38. The highest BCUT2D eigenvalue weighted by atomic mass is 16.5. The number of benzene rings is 1. The van der Waals surface area contributed by atoms with Gasteiger partial charge >= 0.3 is 0 Å². The molecular weight excluding hydrogens is 300 g/mol. The molecule has 5 heteroatoms. The molecule has 2 aromatic rings. The van der Waals surface area contributed by atoms with Gasteiger partial charge in [0.2, 0.25) is 0 Å². The van der Waals surface area contributed by atoms with E-state index >= 15 is 0 Å². The highest BCUT2D eigenvalue weighted by Gasteiger charge is 2.01. The van der Waals surface area contributed by atoms with Crippen molar-refractivity contribution in [2.24, 2.45) is 4.99 Å². The van der Waals surface area contributed by atoms with Crippen molar-refractivity contribution in [3.63, 3.8) is 0 Å². The average Bonchev–Trinajstić information content (AvgIpc) is 2.64. The van der Waals surface area contributed by atoms with Crippen LogP contribution in [-0.4, -0.2) is 31.1 Å². The summed E-state index contributed by atoms with van der Waals surface area (Å²) < 4.78 is 5.66. The first-order chi connectivity index (χ1) is 11.8. The molecule has 2 N–H and O–H groups in total. The Balaban J connectivity index is 1.77. The summed E-state index contributed by atoms with van der Waals surface area (Å²) in [6.07, 6.45) is 3.69. The third-order valence-electron chi connectivity index (χ3n) is 3.45. The van der Waals surface area contributed by atoms with Crippen molar-refractivity contribution >= 4 is 5.96 Å². The van der Waals surface area contributed by atoms with Gasteiger partial charge in [0.25, 0.3) is 0 Å². The Bertz CT molecular complexity index is 628. The molecule has 0 fully saturated rings. The minimum absolute atomic E-state index is 0.701. The SMILES string of the molecule is CCCOc1cccc(CNC(=NC)NCCc2ccccn2)c1. The first kappa shape index (κ1) is 17.8. The zero-order chi connectivity index (χ0) is 17.0. The van der Waals surface area contributed by atoms with Gasteiger partial charge in [-0.3, -0.25) is 9.98 Å². The Morgan fingerprint density at radius 3 is 2.83 bits per heavy atom. The Labute approximate surface area is 144 Å². The number of rotatable bonds is 8. The predicted octanol–water partition coefficient (Wildman–Crippen LogP) is 2.78. The monoisotopic (exact) mass is 326 g/mol. The Morgan fingerprint density at radius 2 is 2.08 bits per heavy atom. The van der Waals surface area contributed by atoms with Gasteiger partial charge in [-0.1, -0.05) is 25.1 Å². The van der Waals surface area contributed by atoms with Crippen LogP contribution < -0.4 is 15.4 Å². The molecule has 0 aliphatic carbocycles. The van der Waals surface area contributed by atoms with Gasteiger partial charge in [0.1, 0.15) is 5.75 Å². The predicted molar refractivity (Wildman–Crippen MR) is 98.4 cm³/mol. The van der Waals surface area contributed by atoms with E-state index < -0.39 is 0 Å². The highest BCUT2D eigenvalue weighted by Crippen LogP contribution is 2.13. The summed E-state index contributed by atoms with van der Waals surface area (Å²) in [7, 11) is 1.77. The molecule has 0 unspecified atom stereocenters. The van der Waals surface area contributed by atoms with E-state index in [9.17, 15) is 0 Å². The van der Waals surface area contributed by atoms with Crippen LogP contribution in [0.2, 0.25) is 0 Å². The summed E-state index contributed by atoms with van der Waals surface area (Å²) in [6.45, 7) is 4.34. The molecule has 0 saturated heterocycles. The fraction of sp³-hybridized carbons (Fsp3) is 0.368. The molecule has 0 aliphatic heterocycles. The topological polar surface area (TPSA) is 58.5 Å². The number of nitrogens with one attached hydrogen (secondary N) is 2. The van der Waals surface area contributed by atoms with Gasteiger partial charge in [0, 0.05) is 38.4 Å². The van der Waals surface area contributed by atoms with Crippen LogP contribution in [0.15, 0.2) is 53.7 Å². The Kier molecular flexibility index (Phi) is 7.60. The summed E-state index contributed by atoms with van der Waals surface area (Å²) >= 11 is 0. The van der Waals surface area contributed by atoms with Crippen molar-refractivity contribution in [2.45, 2.75) is 26.3 Å². The molecule has 0 atom stereocenters. The van der Waals surface area contributed by atoms with E-state index in [4.69, 9.17) is 4.74 Å². The van der Waals surface area contributed by atoms with Gasteiger partial charge < -0.3 is 15.4 Å². The van der Waals surface area contributed by atoms with Crippen LogP contribution >= 0.6 is 0 Å². The van der Waals surface area contributed by atoms with Crippen LogP contribution in [0.5, 0.6) is 5.75 Å². The van der Waals surface area contributed by atoms with E-state index in [-0.39, 0.29) is 0 Å². The molecular formula is C19H26N4O. The van der Waals surface area contributed by atoms with E-state index in [1.54, 1.807) is 7.05 Å². The summed E-state index contributed by atoms with van der Waals surface area (Å²) in [5, 5.41) is 6.62. The van der Waals surface area contributed by atoms with Crippen molar-refractivity contribution in [1.29, 1.82) is 0 Å². The van der Waals surface area contributed by atoms with Crippen LogP contribution in [0.4, 0.5) is 0 Å². The van der Waals surface area contributed by atoms with Gasteiger partial charge in [-0.05, 0) is 36.2 Å². The van der Waals surface area contributed by atoms with Gasteiger partial charge in [-0.15, -0.1) is 0 Å². The summed E-state index contributed by atoms with van der Waals surface area (Å²) in [5.74, 6) is 1.69. The molecule has 1 aromatic heterocycles. The summed E-state index contributed by atoms with van der Waals surface area (Å²) in [5.41, 5.74) is 2.23. The van der Waals surface area contributed by atoms with Crippen LogP contribution in [0, 0.1) is 0 Å². The smallest absolute Gasteiger partial charge is 0.191 e. The van der Waals surface area contributed by atoms with Crippen molar-refractivity contribution in [3.8, 4) is 5.75 Å². The lowest BCUT2D eigenvalue weighted by Gasteiger charge is -2.12. The lowest BCUT2D eigenvalue weighted by Crippen LogP contribution is -2.37. The molecule has 24 heavy (non-hydrogen) atoms. The molecule has 0 bridgehead atoms. The van der Waals surface area contributed by atoms with Gasteiger partial charge in [-0.25, -0.2) is 0 Å². The molecule has 0 radical (unpaired) electrons. The number of aromatic nitrogens is 1. The summed E-state index contributed by atoms with van der Waals surface area (Å²) in [4.78, 5) is 8.56. The largest absolute Gasteiger partial charge is 0.494 e. The molecule has 0 amide bonds. The molecule has 1 aromatic carbocycles. The maximum absolute atomic E-state index is 5.66.